The summed E-state index contributed by atoms with van der Waals surface area (Å²) in [7, 11) is 0. The molecule has 1 fully saturated rings. The van der Waals surface area contributed by atoms with Crippen molar-refractivity contribution in [1.82, 2.24) is 0 Å². The van der Waals surface area contributed by atoms with E-state index in [2.05, 4.69) is 46.8 Å². The second-order valence-electron chi connectivity index (χ2n) is 7.35. The van der Waals surface area contributed by atoms with Gasteiger partial charge in [0.1, 0.15) is 11.9 Å². The number of aliphatic hydroxyl groups is 1. The highest BCUT2D eigenvalue weighted by Crippen LogP contribution is 2.39. The SMILES string of the molecule is Cc1ccc(OC2CC(C(C)(C)C)CCC2O)cc1C. The van der Waals surface area contributed by atoms with Crippen LogP contribution in [0.5, 0.6) is 5.75 Å². The summed E-state index contributed by atoms with van der Waals surface area (Å²) in [5, 5.41) is 10.2. The number of benzene rings is 1. The molecule has 1 saturated carbocycles. The van der Waals surface area contributed by atoms with Crippen molar-refractivity contribution in [1.29, 1.82) is 0 Å². The van der Waals surface area contributed by atoms with E-state index >= 15 is 0 Å². The molecule has 1 aromatic rings. The van der Waals surface area contributed by atoms with Crippen LogP contribution < -0.4 is 4.74 Å². The molecule has 2 heteroatoms. The molecule has 3 unspecified atom stereocenters. The van der Waals surface area contributed by atoms with Gasteiger partial charge in [0.05, 0.1) is 6.10 Å². The van der Waals surface area contributed by atoms with Gasteiger partial charge in [-0.15, -0.1) is 0 Å². The molecule has 0 radical (unpaired) electrons. The lowest BCUT2D eigenvalue weighted by molar-refractivity contribution is -0.0297. The Morgan fingerprint density at radius 2 is 1.80 bits per heavy atom. The highest BCUT2D eigenvalue weighted by molar-refractivity contribution is 5.34. The molecule has 1 aliphatic rings. The van der Waals surface area contributed by atoms with Gasteiger partial charge in [-0.3, -0.25) is 0 Å². The molecule has 1 aliphatic carbocycles. The molecular weight excluding hydrogens is 248 g/mol. The van der Waals surface area contributed by atoms with Crippen LogP contribution in [0.2, 0.25) is 0 Å². The van der Waals surface area contributed by atoms with Crippen molar-refractivity contribution >= 4 is 0 Å². The summed E-state index contributed by atoms with van der Waals surface area (Å²) in [6.45, 7) is 11.0. The van der Waals surface area contributed by atoms with E-state index in [1.807, 2.05) is 6.07 Å². The molecule has 0 heterocycles. The fourth-order valence-corrected chi connectivity index (χ4v) is 2.99. The lowest BCUT2D eigenvalue weighted by Crippen LogP contribution is -2.41. The highest BCUT2D eigenvalue weighted by Gasteiger charge is 2.36. The first kappa shape index (κ1) is 15.4. The average Bonchev–Trinajstić information content (AvgIpc) is 2.35. The van der Waals surface area contributed by atoms with Crippen molar-refractivity contribution in [2.75, 3.05) is 0 Å². The molecule has 1 aromatic carbocycles. The molecule has 0 saturated heterocycles. The van der Waals surface area contributed by atoms with Crippen LogP contribution in [-0.4, -0.2) is 17.3 Å². The van der Waals surface area contributed by atoms with Crippen molar-refractivity contribution < 1.29 is 9.84 Å². The molecule has 2 nitrogen and oxygen atoms in total. The Balaban J connectivity index is 2.08. The predicted molar refractivity (Wildman–Crippen MR) is 83.1 cm³/mol. The Labute approximate surface area is 123 Å². The number of rotatable bonds is 2. The third kappa shape index (κ3) is 3.54. The Morgan fingerprint density at radius 1 is 1.10 bits per heavy atom. The zero-order valence-corrected chi connectivity index (χ0v) is 13.4. The Hall–Kier alpha value is -1.02. The van der Waals surface area contributed by atoms with Crippen LogP contribution in [0.1, 0.15) is 51.2 Å². The molecule has 0 bridgehead atoms. The Kier molecular flexibility index (Phi) is 4.43. The van der Waals surface area contributed by atoms with E-state index in [0.717, 1.165) is 25.0 Å². The Morgan fingerprint density at radius 3 is 2.40 bits per heavy atom. The van der Waals surface area contributed by atoms with Crippen molar-refractivity contribution in [3.8, 4) is 5.75 Å². The number of hydrogen-bond donors (Lipinski definition) is 1. The maximum atomic E-state index is 10.2. The van der Waals surface area contributed by atoms with Gasteiger partial charge in [-0.2, -0.15) is 0 Å². The molecule has 0 aromatic heterocycles. The first-order valence-electron chi connectivity index (χ1n) is 7.69. The zero-order chi connectivity index (χ0) is 14.9. The standard InChI is InChI=1S/C18H28O2/c1-12-6-8-15(10-13(12)2)20-17-11-14(18(3,4)5)7-9-16(17)19/h6,8,10,14,16-17,19H,7,9,11H2,1-5H3. The molecular formula is C18H28O2. The summed E-state index contributed by atoms with van der Waals surface area (Å²) in [5.41, 5.74) is 2.79. The minimum Gasteiger partial charge on any atom is -0.488 e. The molecule has 0 spiro atoms. The third-order valence-electron chi connectivity index (χ3n) is 4.75. The van der Waals surface area contributed by atoms with Crippen LogP contribution >= 0.6 is 0 Å². The lowest BCUT2D eigenvalue weighted by Gasteiger charge is -2.40. The second-order valence-corrected chi connectivity index (χ2v) is 7.35. The van der Waals surface area contributed by atoms with Crippen molar-refractivity contribution in [3.63, 3.8) is 0 Å². The number of hydrogen-bond acceptors (Lipinski definition) is 2. The van der Waals surface area contributed by atoms with Gasteiger partial charge < -0.3 is 9.84 Å². The molecule has 2 rings (SSSR count). The smallest absolute Gasteiger partial charge is 0.125 e. The maximum absolute atomic E-state index is 10.2. The summed E-state index contributed by atoms with van der Waals surface area (Å²) in [5.74, 6) is 1.49. The van der Waals surface area contributed by atoms with Gasteiger partial charge in [0, 0.05) is 0 Å². The quantitative estimate of drug-likeness (QED) is 0.874. The van der Waals surface area contributed by atoms with Gasteiger partial charge in [-0.25, -0.2) is 0 Å². The van der Waals surface area contributed by atoms with E-state index in [-0.39, 0.29) is 17.6 Å². The van der Waals surface area contributed by atoms with Crippen molar-refractivity contribution in [2.24, 2.45) is 11.3 Å². The predicted octanol–water partition coefficient (Wildman–Crippen LogP) is 4.26. The zero-order valence-electron chi connectivity index (χ0n) is 13.4. The molecule has 20 heavy (non-hydrogen) atoms. The van der Waals surface area contributed by atoms with Gasteiger partial charge >= 0.3 is 0 Å². The van der Waals surface area contributed by atoms with Crippen LogP contribution in [0.3, 0.4) is 0 Å². The summed E-state index contributed by atoms with van der Waals surface area (Å²) >= 11 is 0. The maximum Gasteiger partial charge on any atom is 0.125 e. The number of aryl methyl sites for hydroxylation is 2. The molecule has 1 N–H and O–H groups in total. The summed E-state index contributed by atoms with van der Waals surface area (Å²) in [4.78, 5) is 0. The minimum absolute atomic E-state index is 0.0740. The van der Waals surface area contributed by atoms with Crippen LogP contribution in [-0.2, 0) is 0 Å². The molecule has 0 amide bonds. The minimum atomic E-state index is -0.338. The first-order valence-corrected chi connectivity index (χ1v) is 7.69. The monoisotopic (exact) mass is 276 g/mol. The molecule has 112 valence electrons. The largest absolute Gasteiger partial charge is 0.488 e. The van der Waals surface area contributed by atoms with E-state index in [4.69, 9.17) is 4.74 Å². The fourth-order valence-electron chi connectivity index (χ4n) is 2.99. The summed E-state index contributed by atoms with van der Waals surface area (Å²) in [6.07, 6.45) is 2.47. The van der Waals surface area contributed by atoms with Crippen LogP contribution in [0.15, 0.2) is 18.2 Å². The molecule has 0 aliphatic heterocycles. The second kappa shape index (κ2) is 5.77. The van der Waals surface area contributed by atoms with Crippen LogP contribution in [0, 0.1) is 25.2 Å². The fraction of sp³-hybridized carbons (Fsp3) is 0.667. The van der Waals surface area contributed by atoms with Crippen LogP contribution in [0.4, 0.5) is 0 Å². The molecule has 3 atom stereocenters. The van der Waals surface area contributed by atoms with Crippen LogP contribution in [0.25, 0.3) is 0 Å². The number of ether oxygens (including phenoxy) is 1. The topological polar surface area (TPSA) is 29.5 Å². The summed E-state index contributed by atoms with van der Waals surface area (Å²) < 4.78 is 6.08. The van der Waals surface area contributed by atoms with Crippen molar-refractivity contribution in [2.45, 2.75) is 66.1 Å². The van der Waals surface area contributed by atoms with E-state index < -0.39 is 0 Å². The third-order valence-corrected chi connectivity index (χ3v) is 4.75. The highest BCUT2D eigenvalue weighted by atomic mass is 16.5. The van der Waals surface area contributed by atoms with Gasteiger partial charge in [0.15, 0.2) is 0 Å². The first-order chi connectivity index (χ1) is 9.27. The van der Waals surface area contributed by atoms with E-state index in [1.165, 1.54) is 11.1 Å². The average molecular weight is 276 g/mol. The van der Waals surface area contributed by atoms with E-state index in [1.54, 1.807) is 0 Å². The van der Waals surface area contributed by atoms with Gasteiger partial charge in [-0.05, 0) is 67.7 Å². The van der Waals surface area contributed by atoms with Gasteiger partial charge in [0.25, 0.3) is 0 Å². The van der Waals surface area contributed by atoms with Gasteiger partial charge in [0.2, 0.25) is 0 Å². The van der Waals surface area contributed by atoms with E-state index in [0.29, 0.717) is 5.92 Å². The summed E-state index contributed by atoms with van der Waals surface area (Å²) in [6, 6.07) is 6.17. The van der Waals surface area contributed by atoms with Crippen molar-refractivity contribution in [3.05, 3.63) is 29.3 Å². The Bertz CT molecular complexity index is 459. The van der Waals surface area contributed by atoms with E-state index in [9.17, 15) is 5.11 Å². The number of aliphatic hydroxyl groups excluding tert-OH is 1. The van der Waals surface area contributed by atoms with Gasteiger partial charge in [-0.1, -0.05) is 26.8 Å². The normalized spacial score (nSPS) is 27.4. The lowest BCUT2D eigenvalue weighted by atomic mass is 9.71.